The molecule has 0 aliphatic carbocycles. The number of nitrogens with zero attached hydrogens (tertiary/aromatic N) is 3. The van der Waals surface area contributed by atoms with E-state index in [1.807, 2.05) is 17.3 Å². The van der Waals surface area contributed by atoms with Crippen molar-refractivity contribution in [2.45, 2.75) is 25.4 Å². The summed E-state index contributed by atoms with van der Waals surface area (Å²) in [5.74, 6) is 1.10. The van der Waals surface area contributed by atoms with Gasteiger partial charge in [0.05, 0.1) is 12.7 Å². The van der Waals surface area contributed by atoms with E-state index in [4.69, 9.17) is 16.3 Å². The average Bonchev–Trinajstić information content (AvgIpc) is 2.98. The molecule has 5 rings (SSSR count). The average molecular weight is 386 g/mol. The van der Waals surface area contributed by atoms with Gasteiger partial charge in [-0.15, -0.1) is 0 Å². The first-order valence-corrected chi connectivity index (χ1v) is 9.77. The van der Waals surface area contributed by atoms with Crippen LogP contribution in [0, 0.1) is 5.92 Å². The molecule has 0 spiro atoms. The van der Waals surface area contributed by atoms with Crippen LogP contribution in [0.4, 0.5) is 0 Å². The number of halogens is 1. The second-order valence-electron chi connectivity index (χ2n) is 7.45. The van der Waals surface area contributed by atoms with Crippen molar-refractivity contribution in [3.63, 3.8) is 0 Å². The summed E-state index contributed by atoms with van der Waals surface area (Å²) >= 11 is 6.14. The number of benzene rings is 1. The fourth-order valence-corrected chi connectivity index (χ4v) is 4.48. The van der Waals surface area contributed by atoms with E-state index in [1.165, 1.54) is 12.0 Å². The smallest absolute Gasteiger partial charge is 0.257 e. The number of methoxy groups -OCH3 is 1. The Hall–Kier alpha value is -2.11. The molecular formula is C21H24ClN3O2. The first kappa shape index (κ1) is 18.3. The molecule has 27 heavy (non-hydrogen) atoms. The highest BCUT2D eigenvalue weighted by molar-refractivity contribution is 6.31. The summed E-state index contributed by atoms with van der Waals surface area (Å²) < 4.78 is 5.40. The topological polar surface area (TPSA) is 45.7 Å². The van der Waals surface area contributed by atoms with Crippen LogP contribution in [-0.2, 0) is 6.54 Å². The fraction of sp³-hybridized carbons (Fsp3) is 0.429. The Morgan fingerprint density at radius 3 is 2.78 bits per heavy atom. The van der Waals surface area contributed by atoms with Crippen molar-refractivity contribution in [2.75, 3.05) is 26.7 Å². The normalized spacial score (nSPS) is 22.5. The van der Waals surface area contributed by atoms with E-state index in [-0.39, 0.29) is 11.9 Å². The number of hydrogen-bond acceptors (Lipinski definition) is 4. The van der Waals surface area contributed by atoms with Gasteiger partial charge >= 0.3 is 0 Å². The van der Waals surface area contributed by atoms with Crippen LogP contribution < -0.4 is 4.74 Å². The molecule has 0 saturated carbocycles. The molecule has 3 aliphatic rings. The van der Waals surface area contributed by atoms with Crippen molar-refractivity contribution in [1.82, 2.24) is 14.8 Å². The summed E-state index contributed by atoms with van der Waals surface area (Å²) in [7, 11) is 1.59. The van der Waals surface area contributed by atoms with Crippen molar-refractivity contribution >= 4 is 17.5 Å². The van der Waals surface area contributed by atoms with E-state index in [1.54, 1.807) is 25.3 Å². The predicted molar refractivity (Wildman–Crippen MR) is 105 cm³/mol. The van der Waals surface area contributed by atoms with E-state index >= 15 is 0 Å². The van der Waals surface area contributed by atoms with Crippen LogP contribution in [0.5, 0.6) is 5.75 Å². The fourth-order valence-electron chi connectivity index (χ4n) is 4.31. The third-order valence-electron chi connectivity index (χ3n) is 5.60. The van der Waals surface area contributed by atoms with Crippen LogP contribution in [0.15, 0.2) is 42.7 Å². The van der Waals surface area contributed by atoms with Gasteiger partial charge < -0.3 is 9.64 Å². The van der Waals surface area contributed by atoms with E-state index in [9.17, 15) is 4.79 Å². The number of rotatable bonds is 4. The maximum Gasteiger partial charge on any atom is 0.257 e. The molecule has 0 unspecified atom stereocenters. The number of hydrogen-bond donors (Lipinski definition) is 0. The van der Waals surface area contributed by atoms with E-state index in [0.717, 1.165) is 32.6 Å². The van der Waals surface area contributed by atoms with Crippen LogP contribution in [-0.4, -0.2) is 53.5 Å². The van der Waals surface area contributed by atoms with Gasteiger partial charge in [-0.1, -0.05) is 11.6 Å². The molecule has 2 atom stereocenters. The van der Waals surface area contributed by atoms with Crippen molar-refractivity contribution in [1.29, 1.82) is 0 Å². The van der Waals surface area contributed by atoms with Gasteiger partial charge in [0.2, 0.25) is 0 Å². The molecule has 0 radical (unpaired) electrons. The monoisotopic (exact) mass is 385 g/mol. The Kier molecular flexibility index (Phi) is 5.32. The Morgan fingerprint density at radius 2 is 2.00 bits per heavy atom. The molecule has 0 N–H and O–H groups in total. The van der Waals surface area contributed by atoms with Gasteiger partial charge in [0.25, 0.3) is 5.91 Å². The van der Waals surface area contributed by atoms with Gasteiger partial charge in [0, 0.05) is 49.6 Å². The molecule has 6 heteroatoms. The Bertz CT molecular complexity index is 814. The summed E-state index contributed by atoms with van der Waals surface area (Å²) in [6, 6.07) is 9.58. The molecule has 142 valence electrons. The molecule has 3 aliphatic heterocycles. The van der Waals surface area contributed by atoms with Crippen LogP contribution in [0.25, 0.3) is 0 Å². The van der Waals surface area contributed by atoms with Gasteiger partial charge in [-0.05, 0) is 54.7 Å². The Balaban J connectivity index is 1.54. The number of carbonyl (C=O) groups is 1. The summed E-state index contributed by atoms with van der Waals surface area (Å²) in [4.78, 5) is 21.9. The van der Waals surface area contributed by atoms with Gasteiger partial charge in [-0.3, -0.25) is 14.7 Å². The number of aromatic nitrogens is 1. The summed E-state index contributed by atoms with van der Waals surface area (Å²) in [5.41, 5.74) is 1.82. The molecule has 3 saturated heterocycles. The number of fused-ring (bicyclic) bond motifs is 4. The molecule has 1 aromatic carbocycles. The quantitative estimate of drug-likeness (QED) is 0.808. The number of carbonyl (C=O) groups excluding carboxylic acids is 1. The lowest BCUT2D eigenvalue weighted by Crippen LogP contribution is -2.47. The molecule has 1 amide bonds. The number of piperidine rings is 1. The van der Waals surface area contributed by atoms with E-state index in [0.29, 0.717) is 22.3 Å². The number of amides is 1. The zero-order valence-corrected chi connectivity index (χ0v) is 16.2. The predicted octanol–water partition coefficient (Wildman–Crippen LogP) is 3.48. The number of pyridine rings is 1. The van der Waals surface area contributed by atoms with Crippen molar-refractivity contribution in [3.8, 4) is 5.75 Å². The first-order valence-electron chi connectivity index (χ1n) is 9.40. The molecule has 2 bridgehead atoms. The maximum absolute atomic E-state index is 13.3. The lowest BCUT2D eigenvalue weighted by atomic mass is 9.94. The van der Waals surface area contributed by atoms with Crippen LogP contribution >= 0.6 is 11.6 Å². The SMILES string of the molecule is COc1ccc(Cl)cc1C(=O)N1C[C@H]2CC[C@@H]1CN(Cc1ccncc1)C2. The van der Waals surface area contributed by atoms with Gasteiger partial charge in [-0.25, -0.2) is 0 Å². The molecule has 1 aromatic heterocycles. The summed E-state index contributed by atoms with van der Waals surface area (Å²) in [5, 5.41) is 0.554. The molecule has 2 aromatic rings. The highest BCUT2D eigenvalue weighted by Crippen LogP contribution is 2.32. The van der Waals surface area contributed by atoms with Crippen molar-refractivity contribution < 1.29 is 9.53 Å². The first-order chi connectivity index (χ1) is 13.1. The zero-order valence-electron chi connectivity index (χ0n) is 15.5. The summed E-state index contributed by atoms with van der Waals surface area (Å²) in [6.07, 6.45) is 5.89. The Labute approximate surface area is 164 Å². The van der Waals surface area contributed by atoms with Gasteiger partial charge in [0.15, 0.2) is 0 Å². The van der Waals surface area contributed by atoms with Crippen LogP contribution in [0.3, 0.4) is 0 Å². The minimum absolute atomic E-state index is 0.0230. The lowest BCUT2D eigenvalue weighted by Gasteiger charge is -2.36. The van der Waals surface area contributed by atoms with Crippen LogP contribution in [0.1, 0.15) is 28.8 Å². The van der Waals surface area contributed by atoms with E-state index in [2.05, 4.69) is 22.0 Å². The maximum atomic E-state index is 13.3. The molecular weight excluding hydrogens is 362 g/mol. The highest BCUT2D eigenvalue weighted by atomic mass is 35.5. The second kappa shape index (κ2) is 7.87. The van der Waals surface area contributed by atoms with Crippen molar-refractivity contribution in [2.24, 2.45) is 5.92 Å². The molecule has 5 nitrogen and oxygen atoms in total. The zero-order chi connectivity index (χ0) is 18.8. The van der Waals surface area contributed by atoms with E-state index < -0.39 is 0 Å². The minimum atomic E-state index is 0.0230. The third-order valence-corrected chi connectivity index (χ3v) is 5.83. The lowest BCUT2D eigenvalue weighted by molar-refractivity contribution is 0.0581. The standard InChI is InChI=1S/C21H24ClN3O2/c1-27-20-5-3-17(22)10-19(20)21(26)25-13-16-2-4-18(25)14-24(12-16)11-15-6-8-23-9-7-15/h3,5-10,16,18H,2,4,11-14H2,1H3/t16-,18+/m0/s1. The van der Waals surface area contributed by atoms with Gasteiger partial charge in [0.1, 0.15) is 5.75 Å². The minimum Gasteiger partial charge on any atom is -0.496 e. The third kappa shape index (κ3) is 3.94. The summed E-state index contributed by atoms with van der Waals surface area (Å²) in [6.45, 7) is 3.62. The second-order valence-corrected chi connectivity index (χ2v) is 7.89. The number of ether oxygens (including phenoxy) is 1. The Morgan fingerprint density at radius 1 is 1.19 bits per heavy atom. The molecule has 3 fully saturated rings. The van der Waals surface area contributed by atoms with Crippen LogP contribution in [0.2, 0.25) is 5.02 Å². The van der Waals surface area contributed by atoms with Crippen molar-refractivity contribution in [3.05, 3.63) is 58.9 Å². The van der Waals surface area contributed by atoms with Gasteiger partial charge in [-0.2, -0.15) is 0 Å². The highest BCUT2D eigenvalue weighted by Gasteiger charge is 2.38. The molecule has 4 heterocycles. The largest absolute Gasteiger partial charge is 0.496 e.